The van der Waals surface area contributed by atoms with Crippen molar-refractivity contribution in [1.82, 2.24) is 10.2 Å². The molecule has 1 saturated carbocycles. The van der Waals surface area contributed by atoms with Crippen molar-refractivity contribution in [1.29, 1.82) is 0 Å². The Balaban J connectivity index is 1.83. The van der Waals surface area contributed by atoms with Gasteiger partial charge in [-0.2, -0.15) is 11.8 Å². The summed E-state index contributed by atoms with van der Waals surface area (Å²) in [6.07, 6.45) is 6.27. The average Bonchev–Trinajstić information content (AvgIpc) is 2.96. The maximum Gasteiger partial charge on any atom is 0.317 e. The fourth-order valence-electron chi connectivity index (χ4n) is 2.87. The molecule has 2 amide bonds. The Hall–Kier alpha value is -1.36. The highest BCUT2D eigenvalue weighted by molar-refractivity contribution is 7.99. The van der Waals surface area contributed by atoms with Gasteiger partial charge in [0.1, 0.15) is 5.75 Å². The third-order valence-corrected chi connectivity index (χ3v) is 5.59. The number of likely N-dealkylation sites (N-methyl/N-ethyl adjacent to an activating group) is 1. The minimum absolute atomic E-state index is 0.0121. The molecule has 1 aliphatic rings. The Kier molecular flexibility index (Phi) is 6.00. The van der Waals surface area contributed by atoms with Crippen LogP contribution in [0.25, 0.3) is 0 Å². The number of thioether (sulfide) groups is 1. The quantitative estimate of drug-likeness (QED) is 0.875. The Morgan fingerprint density at radius 2 is 2.09 bits per heavy atom. The van der Waals surface area contributed by atoms with E-state index in [1.807, 2.05) is 37.9 Å². The molecule has 0 radical (unpaired) electrons. The molecule has 2 N–H and O–H groups in total. The Labute approximate surface area is 137 Å². The van der Waals surface area contributed by atoms with Crippen molar-refractivity contribution in [2.75, 3.05) is 13.3 Å². The van der Waals surface area contributed by atoms with E-state index in [0.29, 0.717) is 11.3 Å². The number of carbonyl (C=O) groups excluding carboxylic acids is 1. The zero-order chi connectivity index (χ0) is 16.1. The lowest BCUT2D eigenvalue weighted by atomic mass is 10.1. The number of phenols is 1. The van der Waals surface area contributed by atoms with Crippen molar-refractivity contribution in [2.45, 2.75) is 49.9 Å². The first kappa shape index (κ1) is 17.0. The summed E-state index contributed by atoms with van der Waals surface area (Å²) in [5.74, 6) is 0.270. The molecule has 4 nitrogen and oxygen atoms in total. The van der Waals surface area contributed by atoms with Crippen molar-refractivity contribution >= 4 is 17.8 Å². The molecule has 1 aromatic rings. The van der Waals surface area contributed by atoms with Gasteiger partial charge in [0.25, 0.3) is 0 Å². The summed E-state index contributed by atoms with van der Waals surface area (Å²) in [5, 5.41) is 13.2. The summed E-state index contributed by atoms with van der Waals surface area (Å²) in [5.41, 5.74) is 1.12. The molecule has 0 bridgehead atoms. The largest absolute Gasteiger partial charge is 0.508 e. The molecule has 0 heterocycles. The molecule has 1 aliphatic carbocycles. The Morgan fingerprint density at radius 3 is 2.68 bits per heavy atom. The number of nitrogens with zero attached hydrogens (tertiary/aromatic N) is 1. The van der Waals surface area contributed by atoms with E-state index in [1.165, 1.54) is 6.42 Å². The molecule has 1 aromatic carbocycles. The number of phenolic OH excluding ortho intramolecular Hbond substituents is 1. The Morgan fingerprint density at radius 1 is 1.41 bits per heavy atom. The van der Waals surface area contributed by atoms with Crippen LogP contribution in [0.1, 0.15) is 31.7 Å². The van der Waals surface area contributed by atoms with Gasteiger partial charge in [0.2, 0.25) is 0 Å². The first-order valence-corrected chi connectivity index (χ1v) is 9.12. The highest BCUT2D eigenvalue weighted by Gasteiger charge is 2.27. The molecule has 1 fully saturated rings. The molecule has 0 unspecified atom stereocenters. The van der Waals surface area contributed by atoms with Gasteiger partial charge in [-0.3, -0.25) is 0 Å². The molecule has 3 atom stereocenters. The minimum atomic E-state index is 0.0121. The Bertz CT molecular complexity index is 492. The second kappa shape index (κ2) is 7.77. The zero-order valence-electron chi connectivity index (χ0n) is 13.6. The average molecular weight is 322 g/mol. The number of hydrogen-bond acceptors (Lipinski definition) is 3. The highest BCUT2D eigenvalue weighted by atomic mass is 32.2. The van der Waals surface area contributed by atoms with E-state index in [4.69, 9.17) is 0 Å². The molecular formula is C17H26N2O2S. The second-order valence-electron chi connectivity index (χ2n) is 6.15. The topological polar surface area (TPSA) is 52.6 Å². The first-order chi connectivity index (χ1) is 10.5. The van der Waals surface area contributed by atoms with Crippen LogP contribution in [0.5, 0.6) is 5.75 Å². The SMILES string of the molecule is CS[C@@H]1CC[C@@H](NC(=O)N(C)[C@H](C)Cc2ccc(O)cc2)C1. The highest BCUT2D eigenvalue weighted by Crippen LogP contribution is 2.28. The van der Waals surface area contributed by atoms with Crippen LogP contribution in [0.4, 0.5) is 4.79 Å². The number of nitrogens with one attached hydrogen (secondary N) is 1. The molecule has 5 heteroatoms. The van der Waals surface area contributed by atoms with Crippen molar-refractivity contribution < 1.29 is 9.90 Å². The van der Waals surface area contributed by atoms with Gasteiger partial charge in [0.15, 0.2) is 0 Å². The molecule has 22 heavy (non-hydrogen) atoms. The minimum Gasteiger partial charge on any atom is -0.508 e. The number of urea groups is 1. The smallest absolute Gasteiger partial charge is 0.317 e. The van der Waals surface area contributed by atoms with E-state index in [0.717, 1.165) is 24.8 Å². The van der Waals surface area contributed by atoms with E-state index in [-0.39, 0.29) is 17.8 Å². The van der Waals surface area contributed by atoms with Gasteiger partial charge in [-0.1, -0.05) is 12.1 Å². The number of amides is 2. The third-order valence-electron chi connectivity index (χ3n) is 4.49. The van der Waals surface area contributed by atoms with E-state index >= 15 is 0 Å². The molecule has 122 valence electrons. The van der Waals surface area contributed by atoms with Gasteiger partial charge in [0.05, 0.1) is 0 Å². The third kappa shape index (κ3) is 4.57. The van der Waals surface area contributed by atoms with Gasteiger partial charge < -0.3 is 15.3 Å². The monoisotopic (exact) mass is 322 g/mol. The van der Waals surface area contributed by atoms with E-state index in [2.05, 4.69) is 11.6 Å². The van der Waals surface area contributed by atoms with Gasteiger partial charge in [0, 0.05) is 24.4 Å². The summed E-state index contributed by atoms with van der Waals surface area (Å²) in [4.78, 5) is 14.1. The van der Waals surface area contributed by atoms with Crippen molar-refractivity contribution in [3.05, 3.63) is 29.8 Å². The zero-order valence-corrected chi connectivity index (χ0v) is 14.4. The molecule has 0 saturated heterocycles. The summed E-state index contributed by atoms with van der Waals surface area (Å²) in [7, 11) is 1.85. The van der Waals surface area contributed by atoms with E-state index in [1.54, 1.807) is 17.0 Å². The maximum atomic E-state index is 12.3. The number of benzene rings is 1. The lowest BCUT2D eigenvalue weighted by molar-refractivity contribution is 0.190. The van der Waals surface area contributed by atoms with Gasteiger partial charge in [-0.25, -0.2) is 4.79 Å². The number of carbonyl (C=O) groups is 1. The van der Waals surface area contributed by atoms with Crippen LogP contribution in [0, 0.1) is 0 Å². The number of hydrogen-bond donors (Lipinski definition) is 2. The summed E-state index contributed by atoms with van der Waals surface area (Å²) < 4.78 is 0. The molecule has 2 rings (SSSR count). The summed E-state index contributed by atoms with van der Waals surface area (Å²) in [6, 6.07) is 7.61. The van der Waals surface area contributed by atoms with Crippen LogP contribution in [0.2, 0.25) is 0 Å². The number of rotatable bonds is 5. The number of aromatic hydroxyl groups is 1. The molecule has 0 aromatic heterocycles. The van der Waals surface area contributed by atoms with Crippen LogP contribution >= 0.6 is 11.8 Å². The molecule has 0 spiro atoms. The van der Waals surface area contributed by atoms with Crippen molar-refractivity contribution in [2.24, 2.45) is 0 Å². The molecule has 0 aliphatic heterocycles. The van der Waals surface area contributed by atoms with Crippen molar-refractivity contribution in [3.63, 3.8) is 0 Å². The van der Waals surface area contributed by atoms with Gasteiger partial charge in [-0.05, 0) is 56.6 Å². The predicted octanol–water partition coefficient (Wildman–Crippen LogP) is 3.25. The van der Waals surface area contributed by atoms with Crippen LogP contribution in [-0.4, -0.2) is 46.7 Å². The van der Waals surface area contributed by atoms with Crippen LogP contribution in [-0.2, 0) is 6.42 Å². The summed E-state index contributed by atoms with van der Waals surface area (Å²) >= 11 is 1.90. The van der Waals surface area contributed by atoms with E-state index < -0.39 is 0 Å². The normalized spacial score (nSPS) is 22.3. The summed E-state index contributed by atoms with van der Waals surface area (Å²) in [6.45, 7) is 2.05. The lowest BCUT2D eigenvalue weighted by Gasteiger charge is -2.27. The predicted molar refractivity (Wildman–Crippen MR) is 92.5 cm³/mol. The fraction of sp³-hybridized carbons (Fsp3) is 0.588. The van der Waals surface area contributed by atoms with Crippen molar-refractivity contribution in [3.8, 4) is 5.75 Å². The first-order valence-electron chi connectivity index (χ1n) is 7.83. The van der Waals surface area contributed by atoms with E-state index in [9.17, 15) is 9.90 Å². The second-order valence-corrected chi connectivity index (χ2v) is 7.29. The maximum absolute atomic E-state index is 12.3. The van der Waals surface area contributed by atoms with Crippen LogP contribution in [0.3, 0.4) is 0 Å². The van der Waals surface area contributed by atoms with Crippen LogP contribution in [0.15, 0.2) is 24.3 Å². The van der Waals surface area contributed by atoms with Gasteiger partial charge >= 0.3 is 6.03 Å². The lowest BCUT2D eigenvalue weighted by Crippen LogP contribution is -2.46. The standard InChI is InChI=1S/C17H26N2O2S/c1-12(10-13-4-7-15(20)8-5-13)19(2)17(21)18-14-6-9-16(11-14)22-3/h4-5,7-8,12,14,16,20H,6,9-11H2,1-3H3,(H,18,21)/t12-,14-,16-/m1/s1. The van der Waals surface area contributed by atoms with Gasteiger partial charge in [-0.15, -0.1) is 0 Å². The van der Waals surface area contributed by atoms with Crippen LogP contribution < -0.4 is 5.32 Å². The molecular weight excluding hydrogens is 296 g/mol. The fourth-order valence-corrected chi connectivity index (χ4v) is 3.67.